The van der Waals surface area contributed by atoms with Gasteiger partial charge in [0.1, 0.15) is 6.54 Å². The third kappa shape index (κ3) is 2.73. The highest BCUT2D eigenvalue weighted by Crippen LogP contribution is 2.38. The number of benzene rings is 2. The van der Waals surface area contributed by atoms with Crippen LogP contribution in [0.1, 0.15) is 25.0 Å². The molecule has 5 heteroatoms. The van der Waals surface area contributed by atoms with Crippen molar-refractivity contribution in [2.45, 2.75) is 26.7 Å². The Labute approximate surface area is 154 Å². The average Bonchev–Trinajstić information content (AvgIpc) is 3.25. The van der Waals surface area contributed by atoms with Gasteiger partial charge in [0.05, 0.1) is 17.9 Å². The van der Waals surface area contributed by atoms with Crippen LogP contribution in [0.4, 0.5) is 17.1 Å². The highest BCUT2D eigenvalue weighted by molar-refractivity contribution is 6.19. The number of nitrogens with one attached hydrogen (secondary N) is 1. The van der Waals surface area contributed by atoms with Crippen LogP contribution in [0.3, 0.4) is 0 Å². The molecule has 0 atom stereocenters. The summed E-state index contributed by atoms with van der Waals surface area (Å²) in [7, 11) is 0. The molecular formula is C21H24N4O. The first-order valence-electron chi connectivity index (χ1n) is 9.32. The summed E-state index contributed by atoms with van der Waals surface area (Å²) in [5, 5.41) is 3.16. The lowest BCUT2D eigenvalue weighted by atomic mass is 10.0. The number of anilines is 3. The quantitative estimate of drug-likeness (QED) is 0.900. The summed E-state index contributed by atoms with van der Waals surface area (Å²) in [6.45, 7) is 6.16. The fourth-order valence-electron chi connectivity index (χ4n) is 3.80. The zero-order valence-electron chi connectivity index (χ0n) is 15.3. The molecule has 0 aliphatic carbocycles. The Morgan fingerprint density at radius 3 is 2.42 bits per heavy atom. The first-order valence-corrected chi connectivity index (χ1v) is 9.32. The van der Waals surface area contributed by atoms with Gasteiger partial charge in [-0.15, -0.1) is 0 Å². The van der Waals surface area contributed by atoms with Crippen molar-refractivity contribution in [3.05, 3.63) is 53.6 Å². The summed E-state index contributed by atoms with van der Waals surface area (Å²) in [6.07, 6.45) is 1.80. The Hall–Kier alpha value is -2.82. The van der Waals surface area contributed by atoms with Gasteiger partial charge in [-0.2, -0.15) is 0 Å². The lowest BCUT2D eigenvalue weighted by Gasteiger charge is -2.20. The van der Waals surface area contributed by atoms with Crippen molar-refractivity contribution in [3.8, 4) is 0 Å². The molecule has 2 aliphatic heterocycles. The van der Waals surface area contributed by atoms with Gasteiger partial charge in [-0.1, -0.05) is 44.2 Å². The van der Waals surface area contributed by atoms with Crippen LogP contribution in [-0.4, -0.2) is 31.5 Å². The van der Waals surface area contributed by atoms with E-state index in [2.05, 4.69) is 59.4 Å². The molecule has 0 radical (unpaired) electrons. The van der Waals surface area contributed by atoms with E-state index >= 15 is 0 Å². The molecule has 2 aromatic rings. The number of carbonyl (C=O) groups excluding carboxylic acids is 1. The Morgan fingerprint density at radius 2 is 1.73 bits per heavy atom. The molecule has 0 bridgehead atoms. The lowest BCUT2D eigenvalue weighted by Crippen LogP contribution is -2.40. The highest BCUT2D eigenvalue weighted by atomic mass is 16.2. The SMILES string of the molecule is CCc1cccc(CC)c1NC(=O)CN1C2=NCCN2c2ccccc21. The molecule has 1 N–H and O–H groups in total. The molecule has 0 spiro atoms. The number of carbonyl (C=O) groups is 1. The van der Waals surface area contributed by atoms with Crippen molar-refractivity contribution in [2.75, 3.05) is 34.8 Å². The molecule has 1 amide bonds. The van der Waals surface area contributed by atoms with E-state index in [0.717, 1.165) is 49.0 Å². The van der Waals surface area contributed by atoms with Gasteiger partial charge in [0.2, 0.25) is 11.9 Å². The average molecular weight is 348 g/mol. The van der Waals surface area contributed by atoms with Gasteiger partial charge in [-0.3, -0.25) is 9.79 Å². The monoisotopic (exact) mass is 348 g/mol. The van der Waals surface area contributed by atoms with E-state index in [1.165, 1.54) is 11.1 Å². The van der Waals surface area contributed by atoms with E-state index in [4.69, 9.17) is 0 Å². The number of hydrogen-bond acceptors (Lipinski definition) is 4. The predicted molar refractivity (Wildman–Crippen MR) is 107 cm³/mol. The Kier molecular flexibility index (Phi) is 4.37. The number of amides is 1. The second kappa shape index (κ2) is 6.83. The molecule has 2 aliphatic rings. The predicted octanol–water partition coefficient (Wildman–Crippen LogP) is 3.45. The van der Waals surface area contributed by atoms with E-state index in [1.807, 2.05) is 17.0 Å². The minimum Gasteiger partial charge on any atom is -0.324 e. The maximum atomic E-state index is 12.9. The number of aliphatic imine (C=N–C) groups is 1. The molecule has 0 saturated heterocycles. The third-order valence-corrected chi connectivity index (χ3v) is 5.09. The van der Waals surface area contributed by atoms with Crippen molar-refractivity contribution in [1.29, 1.82) is 0 Å². The number of rotatable bonds is 5. The normalized spacial score (nSPS) is 14.9. The van der Waals surface area contributed by atoms with E-state index < -0.39 is 0 Å². The first kappa shape index (κ1) is 16.6. The van der Waals surface area contributed by atoms with Crippen molar-refractivity contribution in [2.24, 2.45) is 4.99 Å². The summed E-state index contributed by atoms with van der Waals surface area (Å²) in [4.78, 5) is 21.7. The van der Waals surface area contributed by atoms with Crippen molar-refractivity contribution in [3.63, 3.8) is 0 Å². The maximum Gasteiger partial charge on any atom is 0.244 e. The van der Waals surface area contributed by atoms with Crippen LogP contribution < -0.4 is 15.1 Å². The van der Waals surface area contributed by atoms with Crippen LogP contribution in [0.15, 0.2) is 47.5 Å². The van der Waals surface area contributed by atoms with Crippen LogP contribution in [0.25, 0.3) is 0 Å². The number of guanidine groups is 1. The fraction of sp³-hybridized carbons (Fsp3) is 0.333. The van der Waals surface area contributed by atoms with Crippen LogP contribution in [0.5, 0.6) is 0 Å². The largest absolute Gasteiger partial charge is 0.324 e. The summed E-state index contributed by atoms with van der Waals surface area (Å²) in [6, 6.07) is 14.4. The molecule has 2 heterocycles. The third-order valence-electron chi connectivity index (χ3n) is 5.09. The maximum absolute atomic E-state index is 12.9. The van der Waals surface area contributed by atoms with Crippen molar-refractivity contribution < 1.29 is 4.79 Å². The number of fused-ring (bicyclic) bond motifs is 3. The summed E-state index contributed by atoms with van der Waals surface area (Å²) in [5.41, 5.74) is 5.53. The minimum atomic E-state index is -0.00754. The summed E-state index contributed by atoms with van der Waals surface area (Å²) < 4.78 is 0. The van der Waals surface area contributed by atoms with E-state index in [9.17, 15) is 4.79 Å². The molecule has 26 heavy (non-hydrogen) atoms. The molecule has 0 saturated carbocycles. The van der Waals surface area contributed by atoms with Crippen LogP contribution in [-0.2, 0) is 17.6 Å². The number of aryl methyl sites for hydroxylation is 2. The molecule has 0 aromatic heterocycles. The van der Waals surface area contributed by atoms with Crippen LogP contribution in [0, 0.1) is 0 Å². The lowest BCUT2D eigenvalue weighted by molar-refractivity contribution is -0.114. The Bertz CT molecular complexity index is 852. The number of hydrogen-bond donors (Lipinski definition) is 1. The van der Waals surface area contributed by atoms with Crippen molar-refractivity contribution >= 4 is 28.9 Å². The van der Waals surface area contributed by atoms with Gasteiger partial charge in [0.25, 0.3) is 0 Å². The first-order chi connectivity index (χ1) is 12.7. The molecule has 2 aromatic carbocycles. The van der Waals surface area contributed by atoms with E-state index in [-0.39, 0.29) is 12.5 Å². The van der Waals surface area contributed by atoms with Crippen LogP contribution in [0.2, 0.25) is 0 Å². The molecule has 5 nitrogen and oxygen atoms in total. The fourth-order valence-corrected chi connectivity index (χ4v) is 3.80. The Morgan fingerprint density at radius 1 is 1.04 bits per heavy atom. The number of para-hydroxylation sites is 3. The summed E-state index contributed by atoms with van der Waals surface area (Å²) >= 11 is 0. The smallest absolute Gasteiger partial charge is 0.244 e. The highest BCUT2D eigenvalue weighted by Gasteiger charge is 2.35. The minimum absolute atomic E-state index is 0.00754. The zero-order chi connectivity index (χ0) is 18.1. The second-order valence-corrected chi connectivity index (χ2v) is 6.61. The second-order valence-electron chi connectivity index (χ2n) is 6.61. The molecule has 0 fully saturated rings. The van der Waals surface area contributed by atoms with Gasteiger partial charge >= 0.3 is 0 Å². The zero-order valence-corrected chi connectivity index (χ0v) is 15.3. The van der Waals surface area contributed by atoms with Crippen molar-refractivity contribution in [1.82, 2.24) is 0 Å². The van der Waals surface area contributed by atoms with Gasteiger partial charge in [0.15, 0.2) is 0 Å². The van der Waals surface area contributed by atoms with Gasteiger partial charge in [0, 0.05) is 12.2 Å². The van der Waals surface area contributed by atoms with E-state index in [1.54, 1.807) is 0 Å². The molecule has 0 unspecified atom stereocenters. The molecular weight excluding hydrogens is 324 g/mol. The molecule has 134 valence electrons. The topological polar surface area (TPSA) is 47.9 Å². The standard InChI is InChI=1S/C21H24N4O/c1-3-15-8-7-9-16(4-2)20(15)23-19(26)14-25-18-11-6-5-10-17(18)24-13-12-22-21(24)25/h5-11H,3-4,12-14H2,1-2H3,(H,23,26). The van der Waals surface area contributed by atoms with Gasteiger partial charge in [-0.05, 0) is 36.1 Å². The van der Waals surface area contributed by atoms with Gasteiger partial charge in [-0.25, -0.2) is 0 Å². The number of nitrogens with zero attached hydrogens (tertiary/aromatic N) is 3. The van der Waals surface area contributed by atoms with Crippen LogP contribution >= 0.6 is 0 Å². The summed E-state index contributed by atoms with van der Waals surface area (Å²) in [5.74, 6) is 0.882. The van der Waals surface area contributed by atoms with Gasteiger partial charge < -0.3 is 15.1 Å². The van der Waals surface area contributed by atoms with E-state index in [0.29, 0.717) is 0 Å². The molecule has 4 rings (SSSR count). The Balaban J connectivity index is 1.58.